The summed E-state index contributed by atoms with van der Waals surface area (Å²) < 4.78 is 5.60. The molecule has 0 aromatic heterocycles. The Morgan fingerprint density at radius 2 is 2.33 bits per heavy atom. The fourth-order valence-electron chi connectivity index (χ4n) is 1.65. The van der Waals surface area contributed by atoms with Crippen LogP contribution in [-0.4, -0.2) is 24.4 Å². The second-order valence-corrected chi connectivity index (χ2v) is 3.38. The smallest absolute Gasteiger partial charge is 0.145 e. The number of anilines is 1. The van der Waals surface area contributed by atoms with Gasteiger partial charge in [0.25, 0.3) is 0 Å². The van der Waals surface area contributed by atoms with Gasteiger partial charge < -0.3 is 9.84 Å². The molecule has 1 unspecified atom stereocenters. The summed E-state index contributed by atoms with van der Waals surface area (Å²) in [6.45, 7) is 0.431. The van der Waals surface area contributed by atoms with Crippen molar-refractivity contribution in [1.29, 1.82) is 0 Å². The highest BCUT2D eigenvalue weighted by Crippen LogP contribution is 2.33. The molecule has 15 heavy (non-hydrogen) atoms. The van der Waals surface area contributed by atoms with Crippen LogP contribution in [0.5, 0.6) is 5.75 Å². The van der Waals surface area contributed by atoms with Crippen LogP contribution in [0.4, 0.5) is 5.69 Å². The first-order valence-electron chi connectivity index (χ1n) is 4.82. The van der Waals surface area contributed by atoms with Crippen LogP contribution in [0.25, 0.3) is 0 Å². The van der Waals surface area contributed by atoms with Crippen molar-refractivity contribution in [3.05, 3.63) is 29.2 Å². The molecule has 5 nitrogen and oxygen atoms in total. The van der Waals surface area contributed by atoms with Gasteiger partial charge in [0.15, 0.2) is 0 Å². The number of nitrogens with zero attached hydrogens (tertiary/aromatic N) is 2. The average Bonchev–Trinajstić information content (AvgIpc) is 2.28. The number of hydrogen-bond donors (Lipinski definition) is 1. The molecule has 0 radical (unpaired) electrons. The largest absolute Gasteiger partial charge is 0.486 e. The van der Waals surface area contributed by atoms with E-state index in [2.05, 4.69) is 5.29 Å². The van der Waals surface area contributed by atoms with Gasteiger partial charge in [-0.2, -0.15) is 0 Å². The molecule has 5 heteroatoms. The van der Waals surface area contributed by atoms with Crippen molar-refractivity contribution in [2.45, 2.75) is 12.5 Å². The van der Waals surface area contributed by atoms with Gasteiger partial charge in [-0.25, -0.2) is 5.01 Å². The first-order chi connectivity index (χ1) is 7.35. The Bertz CT molecular complexity index is 356. The Balaban J connectivity index is 2.25. The minimum atomic E-state index is -0.178. The van der Waals surface area contributed by atoms with Crippen molar-refractivity contribution < 1.29 is 9.84 Å². The second-order valence-electron chi connectivity index (χ2n) is 3.38. The third-order valence-electron chi connectivity index (χ3n) is 2.36. The van der Waals surface area contributed by atoms with Crippen LogP contribution in [0.3, 0.4) is 0 Å². The summed E-state index contributed by atoms with van der Waals surface area (Å²) in [5.41, 5.74) is 0.682. The third kappa shape index (κ3) is 1.92. The Hall–Kier alpha value is -1.62. The number of para-hydroxylation sites is 2. The summed E-state index contributed by atoms with van der Waals surface area (Å²) in [6.07, 6.45) is 0.322. The molecule has 1 aromatic carbocycles. The predicted octanol–water partition coefficient (Wildman–Crippen LogP) is 1.32. The molecule has 1 aliphatic rings. The van der Waals surface area contributed by atoms with Crippen LogP contribution in [0.15, 0.2) is 29.6 Å². The highest BCUT2D eigenvalue weighted by atomic mass is 16.5. The first kappa shape index (κ1) is 9.92. The van der Waals surface area contributed by atoms with Crippen LogP contribution in [0.2, 0.25) is 0 Å². The normalized spacial score (nSPS) is 19.3. The topological polar surface area (TPSA) is 62.1 Å². The van der Waals surface area contributed by atoms with Crippen molar-refractivity contribution in [3.63, 3.8) is 0 Å². The van der Waals surface area contributed by atoms with Gasteiger partial charge in [-0.15, -0.1) is 4.91 Å². The summed E-state index contributed by atoms with van der Waals surface area (Å²) in [5, 5.41) is 13.1. The molecule has 0 saturated carbocycles. The highest BCUT2D eigenvalue weighted by molar-refractivity contribution is 5.59. The number of benzene rings is 1. The molecule has 0 amide bonds. The zero-order chi connectivity index (χ0) is 10.7. The lowest BCUT2D eigenvalue weighted by Crippen LogP contribution is -2.37. The van der Waals surface area contributed by atoms with Crippen molar-refractivity contribution in [1.82, 2.24) is 0 Å². The van der Waals surface area contributed by atoms with E-state index in [0.29, 0.717) is 24.4 Å². The zero-order valence-corrected chi connectivity index (χ0v) is 8.17. The van der Waals surface area contributed by atoms with Crippen molar-refractivity contribution in [2.75, 3.05) is 18.2 Å². The molecule has 0 spiro atoms. The molecule has 0 bridgehead atoms. The number of fused-ring (bicyclic) bond motifs is 1. The van der Waals surface area contributed by atoms with Crippen LogP contribution in [-0.2, 0) is 0 Å². The molecule has 1 N–H and O–H groups in total. The maximum Gasteiger partial charge on any atom is 0.145 e. The van der Waals surface area contributed by atoms with Crippen molar-refractivity contribution in [2.24, 2.45) is 5.29 Å². The minimum absolute atomic E-state index is 0.0412. The monoisotopic (exact) mass is 208 g/mol. The van der Waals surface area contributed by atoms with Crippen molar-refractivity contribution in [3.8, 4) is 5.75 Å². The fraction of sp³-hybridized carbons (Fsp3) is 0.400. The Morgan fingerprint density at radius 3 is 3.07 bits per heavy atom. The summed E-state index contributed by atoms with van der Waals surface area (Å²) in [7, 11) is 0. The molecule has 80 valence electrons. The van der Waals surface area contributed by atoms with E-state index in [4.69, 9.17) is 9.84 Å². The minimum Gasteiger partial charge on any atom is -0.486 e. The molecule has 0 saturated heterocycles. The van der Waals surface area contributed by atoms with Gasteiger partial charge in [-0.05, 0) is 12.1 Å². The lowest BCUT2D eigenvalue weighted by molar-refractivity contribution is 0.149. The van der Waals surface area contributed by atoms with Crippen LogP contribution in [0, 0.1) is 4.91 Å². The second kappa shape index (κ2) is 4.27. The number of rotatable bonds is 3. The molecule has 1 aromatic rings. The number of nitroso groups, excluding NO2 is 1. The van der Waals surface area contributed by atoms with Gasteiger partial charge in [0.05, 0.1) is 11.8 Å². The van der Waals surface area contributed by atoms with Gasteiger partial charge in [0.2, 0.25) is 0 Å². The Labute approximate surface area is 87.2 Å². The van der Waals surface area contributed by atoms with E-state index in [9.17, 15) is 4.91 Å². The molecule has 2 rings (SSSR count). The predicted molar refractivity (Wildman–Crippen MR) is 55.7 cm³/mol. The standard InChI is InChI=1S/C10H12N2O3/c13-6-5-8-7-12(11-14)9-3-1-2-4-10(9)15-8/h1-4,8,13H,5-7H2. The molecule has 0 fully saturated rings. The van der Waals surface area contributed by atoms with E-state index in [1.165, 1.54) is 5.01 Å². The Morgan fingerprint density at radius 1 is 1.53 bits per heavy atom. The van der Waals surface area contributed by atoms with Gasteiger partial charge >= 0.3 is 0 Å². The molecular formula is C10H12N2O3. The van der Waals surface area contributed by atoms with Gasteiger partial charge in [-0.1, -0.05) is 12.1 Å². The quantitative estimate of drug-likeness (QED) is 0.761. The van der Waals surface area contributed by atoms with E-state index < -0.39 is 0 Å². The molecule has 0 aliphatic carbocycles. The average molecular weight is 208 g/mol. The van der Waals surface area contributed by atoms with E-state index in [0.717, 1.165) is 0 Å². The highest BCUT2D eigenvalue weighted by Gasteiger charge is 2.25. The van der Waals surface area contributed by atoms with Crippen LogP contribution in [0.1, 0.15) is 6.42 Å². The van der Waals surface area contributed by atoms with Gasteiger partial charge in [0, 0.05) is 13.0 Å². The van der Waals surface area contributed by atoms with E-state index in [-0.39, 0.29) is 12.7 Å². The third-order valence-corrected chi connectivity index (χ3v) is 2.36. The Kier molecular flexibility index (Phi) is 2.82. The van der Waals surface area contributed by atoms with Gasteiger partial charge in [-0.3, -0.25) is 0 Å². The SMILES string of the molecule is O=NN1CC(CCO)Oc2ccccc21. The zero-order valence-electron chi connectivity index (χ0n) is 8.17. The fourth-order valence-corrected chi connectivity index (χ4v) is 1.65. The molecule has 1 aliphatic heterocycles. The maximum atomic E-state index is 10.6. The number of ether oxygens (including phenoxy) is 1. The first-order valence-corrected chi connectivity index (χ1v) is 4.82. The summed E-state index contributed by atoms with van der Waals surface area (Å²) >= 11 is 0. The van der Waals surface area contributed by atoms with E-state index >= 15 is 0 Å². The number of aliphatic hydroxyl groups excluding tert-OH is 1. The van der Waals surface area contributed by atoms with E-state index in [1.54, 1.807) is 12.1 Å². The molecular weight excluding hydrogens is 196 g/mol. The van der Waals surface area contributed by atoms with Crippen LogP contribution >= 0.6 is 0 Å². The number of hydrogen-bond acceptors (Lipinski definition) is 4. The van der Waals surface area contributed by atoms with E-state index in [1.807, 2.05) is 12.1 Å². The lowest BCUT2D eigenvalue weighted by Gasteiger charge is -2.30. The molecule has 1 heterocycles. The molecule has 1 atom stereocenters. The maximum absolute atomic E-state index is 10.6. The summed E-state index contributed by atoms with van der Waals surface area (Å²) in [5.74, 6) is 0.641. The lowest BCUT2D eigenvalue weighted by atomic mass is 10.2. The summed E-state index contributed by atoms with van der Waals surface area (Å²) in [4.78, 5) is 10.6. The van der Waals surface area contributed by atoms with Gasteiger partial charge in [0.1, 0.15) is 17.5 Å². The van der Waals surface area contributed by atoms with Crippen molar-refractivity contribution >= 4 is 5.69 Å². The van der Waals surface area contributed by atoms with Crippen LogP contribution < -0.4 is 9.75 Å². The summed E-state index contributed by atoms with van der Waals surface area (Å²) in [6, 6.07) is 7.23. The number of aliphatic hydroxyl groups is 1.